The van der Waals surface area contributed by atoms with Gasteiger partial charge in [-0.25, -0.2) is 0 Å². The first-order chi connectivity index (χ1) is 6.46. The molecule has 0 bridgehead atoms. The van der Waals surface area contributed by atoms with Crippen molar-refractivity contribution < 1.29 is 4.79 Å². The molecule has 0 N–H and O–H groups in total. The number of carbonyl (C=O) groups is 1. The molecule has 1 amide bonds. The molecule has 0 aliphatic carbocycles. The van der Waals surface area contributed by atoms with Gasteiger partial charge in [-0.05, 0) is 17.9 Å². The third-order valence-electron chi connectivity index (χ3n) is 2.54. The van der Waals surface area contributed by atoms with Crippen molar-refractivity contribution in [1.82, 2.24) is 4.90 Å². The number of hydrogen-bond acceptors (Lipinski definition) is 1. The molecule has 0 aromatic carbocycles. The van der Waals surface area contributed by atoms with E-state index >= 15 is 0 Å². The molecule has 0 spiro atoms. The molecule has 0 fully saturated rings. The van der Waals surface area contributed by atoms with Crippen LogP contribution in [0.3, 0.4) is 0 Å². The van der Waals surface area contributed by atoms with E-state index in [1.807, 2.05) is 0 Å². The van der Waals surface area contributed by atoms with Crippen molar-refractivity contribution in [2.75, 3.05) is 6.54 Å². The van der Waals surface area contributed by atoms with Gasteiger partial charge in [-0.2, -0.15) is 0 Å². The highest BCUT2D eigenvalue weighted by molar-refractivity contribution is 5.93. The van der Waals surface area contributed by atoms with Crippen LogP contribution in [0, 0.1) is 5.41 Å². The van der Waals surface area contributed by atoms with E-state index in [1.165, 1.54) is 0 Å². The number of rotatable bonds is 4. The van der Waals surface area contributed by atoms with Crippen LogP contribution in [0.5, 0.6) is 0 Å². The van der Waals surface area contributed by atoms with Gasteiger partial charge in [0.25, 0.3) is 5.91 Å². The van der Waals surface area contributed by atoms with Crippen LogP contribution in [0.15, 0.2) is 24.4 Å². The van der Waals surface area contributed by atoms with Crippen LogP contribution in [0.25, 0.3) is 0 Å². The molecule has 14 heavy (non-hydrogen) atoms. The van der Waals surface area contributed by atoms with Crippen molar-refractivity contribution in [3.8, 4) is 0 Å². The van der Waals surface area contributed by atoms with Crippen LogP contribution >= 0.6 is 0 Å². The summed E-state index contributed by atoms with van der Waals surface area (Å²) < 4.78 is 0. The molecule has 0 saturated carbocycles. The van der Waals surface area contributed by atoms with Gasteiger partial charge in [-0.1, -0.05) is 33.8 Å². The summed E-state index contributed by atoms with van der Waals surface area (Å²) in [7, 11) is 0. The summed E-state index contributed by atoms with van der Waals surface area (Å²) in [5.74, 6) is 0.0687. The van der Waals surface area contributed by atoms with Crippen LogP contribution in [-0.4, -0.2) is 17.4 Å². The third-order valence-corrected chi connectivity index (χ3v) is 2.54. The molecule has 0 aromatic heterocycles. The highest BCUT2D eigenvalue weighted by Gasteiger charge is 2.26. The zero-order chi connectivity index (χ0) is 10.8. The SMILES string of the molecule is C=C1C=CC(=O)N1CC(C)(C)CCC. The number of nitrogens with zero attached hydrogens (tertiary/aromatic N) is 1. The lowest BCUT2D eigenvalue weighted by Gasteiger charge is -2.30. The van der Waals surface area contributed by atoms with Crippen molar-refractivity contribution in [3.63, 3.8) is 0 Å². The van der Waals surface area contributed by atoms with E-state index in [4.69, 9.17) is 0 Å². The maximum absolute atomic E-state index is 11.4. The molecule has 0 unspecified atom stereocenters. The lowest BCUT2D eigenvalue weighted by molar-refractivity contribution is -0.124. The Balaban J connectivity index is 2.60. The minimum Gasteiger partial charge on any atom is -0.309 e. The minimum absolute atomic E-state index is 0.0687. The third kappa shape index (κ3) is 2.47. The van der Waals surface area contributed by atoms with Crippen molar-refractivity contribution in [2.45, 2.75) is 33.6 Å². The van der Waals surface area contributed by atoms with Gasteiger partial charge in [0.05, 0.1) is 0 Å². The first-order valence-electron chi connectivity index (χ1n) is 5.15. The van der Waals surface area contributed by atoms with E-state index in [1.54, 1.807) is 17.1 Å². The zero-order valence-electron chi connectivity index (χ0n) is 9.34. The van der Waals surface area contributed by atoms with Crippen molar-refractivity contribution in [1.29, 1.82) is 0 Å². The smallest absolute Gasteiger partial charge is 0.251 e. The van der Waals surface area contributed by atoms with Gasteiger partial charge in [0.1, 0.15) is 0 Å². The van der Waals surface area contributed by atoms with Gasteiger partial charge in [-0.3, -0.25) is 4.79 Å². The monoisotopic (exact) mass is 193 g/mol. The highest BCUT2D eigenvalue weighted by atomic mass is 16.2. The first-order valence-corrected chi connectivity index (χ1v) is 5.15. The molecule has 1 aliphatic heterocycles. The molecule has 0 atom stereocenters. The van der Waals surface area contributed by atoms with Crippen LogP contribution in [0.4, 0.5) is 0 Å². The summed E-state index contributed by atoms with van der Waals surface area (Å²) >= 11 is 0. The van der Waals surface area contributed by atoms with Crippen LogP contribution in [-0.2, 0) is 4.79 Å². The lowest BCUT2D eigenvalue weighted by atomic mass is 9.87. The second-order valence-corrected chi connectivity index (χ2v) is 4.66. The number of carbonyl (C=O) groups excluding carboxylic acids is 1. The molecular weight excluding hydrogens is 174 g/mol. The molecule has 1 rings (SSSR count). The Hall–Kier alpha value is -1.05. The molecule has 0 saturated heterocycles. The number of amides is 1. The molecule has 1 heterocycles. The fourth-order valence-corrected chi connectivity index (χ4v) is 1.85. The van der Waals surface area contributed by atoms with Gasteiger partial charge in [0, 0.05) is 18.3 Å². The fraction of sp³-hybridized carbons (Fsp3) is 0.583. The van der Waals surface area contributed by atoms with E-state index in [0.29, 0.717) is 0 Å². The maximum Gasteiger partial charge on any atom is 0.251 e. The Morgan fingerprint density at radius 3 is 2.50 bits per heavy atom. The molecule has 0 radical (unpaired) electrons. The van der Waals surface area contributed by atoms with Gasteiger partial charge in [0.2, 0.25) is 0 Å². The topological polar surface area (TPSA) is 20.3 Å². The predicted octanol–water partition coefficient (Wildman–Crippen LogP) is 2.72. The Kier molecular flexibility index (Phi) is 3.14. The summed E-state index contributed by atoms with van der Waals surface area (Å²) in [6, 6.07) is 0. The summed E-state index contributed by atoms with van der Waals surface area (Å²) in [6.07, 6.45) is 5.65. The number of hydrogen-bond donors (Lipinski definition) is 0. The van der Waals surface area contributed by atoms with Crippen molar-refractivity contribution >= 4 is 5.91 Å². The normalized spacial score (nSPS) is 16.9. The average Bonchev–Trinajstić information content (AvgIpc) is 2.35. The van der Waals surface area contributed by atoms with Gasteiger partial charge in [0.15, 0.2) is 0 Å². The Bertz CT molecular complexity index is 258. The van der Waals surface area contributed by atoms with E-state index in [0.717, 1.165) is 25.1 Å². The van der Waals surface area contributed by atoms with Crippen LogP contribution < -0.4 is 0 Å². The molecule has 2 nitrogen and oxygen atoms in total. The lowest BCUT2D eigenvalue weighted by Crippen LogP contribution is -2.34. The molecule has 0 aromatic rings. The number of allylic oxidation sites excluding steroid dienone is 1. The highest BCUT2D eigenvalue weighted by Crippen LogP contribution is 2.27. The van der Waals surface area contributed by atoms with Crippen LogP contribution in [0.2, 0.25) is 0 Å². The van der Waals surface area contributed by atoms with Gasteiger partial charge in [-0.15, -0.1) is 0 Å². The van der Waals surface area contributed by atoms with Crippen molar-refractivity contribution in [2.24, 2.45) is 5.41 Å². The second-order valence-electron chi connectivity index (χ2n) is 4.66. The standard InChI is InChI=1S/C12H19NO/c1-5-8-12(3,4)9-13-10(2)6-7-11(13)14/h6-7H,2,5,8-9H2,1,3-4H3. The molecule has 1 aliphatic rings. The van der Waals surface area contributed by atoms with E-state index in [-0.39, 0.29) is 11.3 Å². The Morgan fingerprint density at radius 1 is 1.43 bits per heavy atom. The summed E-state index contributed by atoms with van der Waals surface area (Å²) in [5, 5.41) is 0. The Morgan fingerprint density at radius 2 is 2.07 bits per heavy atom. The van der Waals surface area contributed by atoms with Crippen LogP contribution in [0.1, 0.15) is 33.6 Å². The maximum atomic E-state index is 11.4. The quantitative estimate of drug-likeness (QED) is 0.672. The second kappa shape index (κ2) is 3.99. The molecule has 78 valence electrons. The van der Waals surface area contributed by atoms with E-state index < -0.39 is 0 Å². The summed E-state index contributed by atoms with van der Waals surface area (Å²) in [4.78, 5) is 13.2. The fourth-order valence-electron chi connectivity index (χ4n) is 1.85. The van der Waals surface area contributed by atoms with Crippen molar-refractivity contribution in [3.05, 3.63) is 24.4 Å². The largest absolute Gasteiger partial charge is 0.309 e. The molecule has 2 heteroatoms. The van der Waals surface area contributed by atoms with E-state index in [9.17, 15) is 4.79 Å². The predicted molar refractivity (Wildman–Crippen MR) is 58.7 cm³/mol. The Labute approximate surface area is 86.3 Å². The first kappa shape index (κ1) is 11.0. The van der Waals surface area contributed by atoms with Gasteiger partial charge >= 0.3 is 0 Å². The molecular formula is C12H19NO. The van der Waals surface area contributed by atoms with E-state index in [2.05, 4.69) is 27.4 Å². The minimum atomic E-state index is 0.0687. The zero-order valence-corrected chi connectivity index (χ0v) is 9.34. The average molecular weight is 193 g/mol. The van der Waals surface area contributed by atoms with Gasteiger partial charge < -0.3 is 4.90 Å². The summed E-state index contributed by atoms with van der Waals surface area (Å²) in [5.41, 5.74) is 0.999. The summed E-state index contributed by atoms with van der Waals surface area (Å²) in [6.45, 7) is 11.2.